The lowest BCUT2D eigenvalue weighted by Crippen LogP contribution is -2.14. The summed E-state index contributed by atoms with van der Waals surface area (Å²) in [6, 6.07) is 8.42. The van der Waals surface area contributed by atoms with Crippen LogP contribution in [0.5, 0.6) is 0 Å². The summed E-state index contributed by atoms with van der Waals surface area (Å²) in [5.41, 5.74) is 0. The van der Waals surface area contributed by atoms with E-state index in [0.717, 1.165) is 4.90 Å². The van der Waals surface area contributed by atoms with Gasteiger partial charge in [0.05, 0.1) is 15.8 Å². The molecule has 1 aromatic heterocycles. The van der Waals surface area contributed by atoms with Crippen LogP contribution in [0.1, 0.15) is 0 Å². The molecule has 0 spiro atoms. The summed E-state index contributed by atoms with van der Waals surface area (Å²) in [5, 5.41) is 4.33. The second kappa shape index (κ2) is 7.18. The smallest absolute Gasteiger partial charge is 0.235 e. The number of carbonyl (C=O) groups is 1. The first-order valence-electron chi connectivity index (χ1n) is 5.54. The van der Waals surface area contributed by atoms with Crippen molar-refractivity contribution >= 4 is 58.3 Å². The van der Waals surface area contributed by atoms with Crippen LogP contribution in [0.25, 0.3) is 0 Å². The van der Waals surface area contributed by atoms with Crippen molar-refractivity contribution in [2.45, 2.75) is 4.90 Å². The lowest BCUT2D eigenvalue weighted by Gasteiger charge is -2.06. The summed E-state index contributed by atoms with van der Waals surface area (Å²) < 4.78 is 0. The SMILES string of the molecule is O=C(CSc1cc(Cl)ccc1Cl)Nc1ccc(Cl)cn1. The van der Waals surface area contributed by atoms with E-state index in [9.17, 15) is 4.79 Å². The van der Waals surface area contributed by atoms with Gasteiger partial charge in [0.25, 0.3) is 0 Å². The van der Waals surface area contributed by atoms with Gasteiger partial charge in [-0.1, -0.05) is 34.8 Å². The van der Waals surface area contributed by atoms with Crippen LogP contribution < -0.4 is 5.32 Å². The Labute approximate surface area is 135 Å². The number of nitrogens with one attached hydrogen (secondary N) is 1. The van der Waals surface area contributed by atoms with Crippen molar-refractivity contribution in [2.24, 2.45) is 0 Å². The minimum atomic E-state index is -0.180. The van der Waals surface area contributed by atoms with Crippen LogP contribution >= 0.6 is 46.6 Å². The maximum atomic E-state index is 11.8. The summed E-state index contributed by atoms with van der Waals surface area (Å²) in [7, 11) is 0. The molecule has 2 rings (SSSR count). The monoisotopic (exact) mass is 346 g/mol. The number of aromatic nitrogens is 1. The molecule has 0 aliphatic heterocycles. The summed E-state index contributed by atoms with van der Waals surface area (Å²) in [6.07, 6.45) is 1.47. The highest BCUT2D eigenvalue weighted by atomic mass is 35.5. The largest absolute Gasteiger partial charge is 0.310 e. The Balaban J connectivity index is 1.92. The van der Waals surface area contributed by atoms with Crippen molar-refractivity contribution in [3.8, 4) is 0 Å². The molecule has 7 heteroatoms. The number of halogens is 3. The standard InChI is InChI=1S/C13H9Cl3N2OS/c14-8-1-3-10(16)11(5-8)20-7-13(19)18-12-4-2-9(15)6-17-12/h1-6H,7H2,(H,17,18,19). The van der Waals surface area contributed by atoms with Gasteiger partial charge in [0.15, 0.2) is 0 Å². The first-order valence-corrected chi connectivity index (χ1v) is 7.66. The summed E-state index contributed by atoms with van der Waals surface area (Å²) in [6.45, 7) is 0. The number of amides is 1. The number of hydrogen-bond donors (Lipinski definition) is 1. The second-order valence-electron chi connectivity index (χ2n) is 3.77. The number of anilines is 1. The van der Waals surface area contributed by atoms with Crippen LogP contribution in [0, 0.1) is 0 Å². The van der Waals surface area contributed by atoms with E-state index in [1.165, 1.54) is 18.0 Å². The molecule has 0 radical (unpaired) electrons. The lowest BCUT2D eigenvalue weighted by molar-refractivity contribution is -0.113. The van der Waals surface area contributed by atoms with Gasteiger partial charge < -0.3 is 5.32 Å². The zero-order chi connectivity index (χ0) is 14.5. The number of carbonyl (C=O) groups excluding carboxylic acids is 1. The molecule has 20 heavy (non-hydrogen) atoms. The minimum absolute atomic E-state index is 0.180. The van der Waals surface area contributed by atoms with E-state index in [1.54, 1.807) is 30.3 Å². The number of nitrogens with zero attached hydrogens (tertiary/aromatic N) is 1. The quantitative estimate of drug-likeness (QED) is 0.810. The molecule has 1 aromatic carbocycles. The van der Waals surface area contributed by atoms with E-state index in [0.29, 0.717) is 20.9 Å². The van der Waals surface area contributed by atoms with Crippen LogP contribution in [0.3, 0.4) is 0 Å². The summed E-state index contributed by atoms with van der Waals surface area (Å²) in [5.74, 6) is 0.489. The normalized spacial score (nSPS) is 10.3. The zero-order valence-corrected chi connectivity index (χ0v) is 13.2. The molecule has 3 nitrogen and oxygen atoms in total. The van der Waals surface area contributed by atoms with Crippen molar-refractivity contribution < 1.29 is 4.79 Å². The van der Waals surface area contributed by atoms with Crippen molar-refractivity contribution in [1.82, 2.24) is 4.98 Å². The molecule has 1 amide bonds. The first kappa shape index (κ1) is 15.4. The third-order valence-electron chi connectivity index (χ3n) is 2.25. The molecule has 0 atom stereocenters. The van der Waals surface area contributed by atoms with Crippen molar-refractivity contribution in [3.05, 3.63) is 51.6 Å². The molecule has 0 bridgehead atoms. The Morgan fingerprint density at radius 2 is 1.90 bits per heavy atom. The zero-order valence-electron chi connectivity index (χ0n) is 10.1. The number of thioether (sulfide) groups is 1. The predicted molar refractivity (Wildman–Crippen MR) is 85.1 cm³/mol. The van der Waals surface area contributed by atoms with E-state index in [1.807, 2.05) is 0 Å². The highest BCUT2D eigenvalue weighted by molar-refractivity contribution is 8.00. The first-order chi connectivity index (χ1) is 9.54. The third-order valence-corrected chi connectivity index (χ3v) is 4.20. The Bertz CT molecular complexity index is 620. The van der Waals surface area contributed by atoms with E-state index in [-0.39, 0.29) is 11.7 Å². The molecule has 1 heterocycles. The van der Waals surface area contributed by atoms with E-state index in [2.05, 4.69) is 10.3 Å². The maximum absolute atomic E-state index is 11.8. The van der Waals surface area contributed by atoms with Crippen molar-refractivity contribution in [3.63, 3.8) is 0 Å². The van der Waals surface area contributed by atoms with E-state index >= 15 is 0 Å². The topological polar surface area (TPSA) is 42.0 Å². The van der Waals surface area contributed by atoms with Crippen LogP contribution in [0.15, 0.2) is 41.4 Å². The fraction of sp³-hybridized carbons (Fsp3) is 0.0769. The van der Waals surface area contributed by atoms with Crippen LogP contribution in [-0.4, -0.2) is 16.6 Å². The summed E-state index contributed by atoms with van der Waals surface area (Å²) >= 11 is 18.9. The van der Waals surface area contributed by atoms with Crippen LogP contribution in [-0.2, 0) is 4.79 Å². The van der Waals surface area contributed by atoms with Crippen molar-refractivity contribution in [1.29, 1.82) is 0 Å². The average Bonchev–Trinajstić information content (AvgIpc) is 2.42. The molecule has 0 fully saturated rings. The fourth-order valence-electron chi connectivity index (χ4n) is 1.36. The van der Waals surface area contributed by atoms with Gasteiger partial charge in [-0.05, 0) is 30.3 Å². The molecule has 0 aliphatic rings. The van der Waals surface area contributed by atoms with Crippen LogP contribution in [0.2, 0.25) is 15.1 Å². The van der Waals surface area contributed by atoms with Gasteiger partial charge in [-0.3, -0.25) is 4.79 Å². The Hall–Kier alpha value is -0.940. The molecule has 2 aromatic rings. The van der Waals surface area contributed by atoms with Gasteiger partial charge in [0.1, 0.15) is 5.82 Å². The van der Waals surface area contributed by atoms with Gasteiger partial charge in [0.2, 0.25) is 5.91 Å². The lowest BCUT2D eigenvalue weighted by atomic mass is 10.4. The van der Waals surface area contributed by atoms with Crippen LogP contribution in [0.4, 0.5) is 5.82 Å². The van der Waals surface area contributed by atoms with E-state index < -0.39 is 0 Å². The Morgan fingerprint density at radius 3 is 2.60 bits per heavy atom. The van der Waals surface area contributed by atoms with Gasteiger partial charge in [-0.25, -0.2) is 4.98 Å². The molecule has 0 aliphatic carbocycles. The average molecular weight is 348 g/mol. The van der Waals surface area contributed by atoms with E-state index in [4.69, 9.17) is 34.8 Å². The Kier molecular flexibility index (Phi) is 5.54. The minimum Gasteiger partial charge on any atom is -0.310 e. The molecule has 104 valence electrons. The molecule has 0 unspecified atom stereocenters. The van der Waals surface area contributed by atoms with Gasteiger partial charge in [-0.2, -0.15) is 0 Å². The highest BCUT2D eigenvalue weighted by Crippen LogP contribution is 2.29. The third kappa shape index (κ3) is 4.56. The maximum Gasteiger partial charge on any atom is 0.235 e. The van der Waals surface area contributed by atoms with Gasteiger partial charge >= 0.3 is 0 Å². The molecule has 1 N–H and O–H groups in total. The van der Waals surface area contributed by atoms with Crippen molar-refractivity contribution in [2.75, 3.05) is 11.1 Å². The number of pyridine rings is 1. The molecular weight excluding hydrogens is 339 g/mol. The number of hydrogen-bond acceptors (Lipinski definition) is 3. The number of rotatable bonds is 4. The van der Waals surface area contributed by atoms with Gasteiger partial charge in [0, 0.05) is 16.1 Å². The highest BCUT2D eigenvalue weighted by Gasteiger charge is 2.07. The molecule has 0 saturated heterocycles. The van der Waals surface area contributed by atoms with Gasteiger partial charge in [-0.15, -0.1) is 11.8 Å². The number of benzene rings is 1. The summed E-state index contributed by atoms with van der Waals surface area (Å²) in [4.78, 5) is 16.5. The second-order valence-corrected chi connectivity index (χ2v) is 6.07. The molecule has 0 saturated carbocycles. The Morgan fingerprint density at radius 1 is 1.15 bits per heavy atom. The predicted octanol–water partition coefficient (Wildman–Crippen LogP) is 4.77. The molecular formula is C13H9Cl3N2OS. The fourth-order valence-corrected chi connectivity index (χ4v) is 2.76.